The molecule has 1 aromatic heterocycles. The average Bonchev–Trinajstić information content (AvgIpc) is 3.70. The summed E-state index contributed by atoms with van der Waals surface area (Å²) in [5, 5.41) is 9.68. The number of hydrogen-bond acceptors (Lipinski definition) is 2. The minimum Gasteiger partial charge on any atom is -0.456 e. The van der Waals surface area contributed by atoms with Crippen LogP contribution in [0.15, 0.2) is 241 Å². The highest BCUT2D eigenvalue weighted by atomic mass is 16.3. The third-order valence-electron chi connectivity index (χ3n) is 12.4. The van der Waals surface area contributed by atoms with Gasteiger partial charge in [0.1, 0.15) is 11.2 Å². The summed E-state index contributed by atoms with van der Waals surface area (Å²) in [4.78, 5) is 2.38. The van der Waals surface area contributed by atoms with Gasteiger partial charge in [0.25, 0.3) is 0 Å². The van der Waals surface area contributed by atoms with E-state index in [1.165, 1.54) is 65.7 Å². The molecule has 0 atom stereocenters. The van der Waals surface area contributed by atoms with E-state index in [2.05, 4.69) is 241 Å². The van der Waals surface area contributed by atoms with Crippen molar-refractivity contribution < 1.29 is 4.42 Å². The normalized spacial score (nSPS) is 11.5. The Labute approximate surface area is 360 Å². The summed E-state index contributed by atoms with van der Waals surface area (Å²) >= 11 is 0. The van der Waals surface area contributed by atoms with Crippen LogP contribution in [0.1, 0.15) is 0 Å². The lowest BCUT2D eigenvalue weighted by Gasteiger charge is -2.27. The lowest BCUT2D eigenvalue weighted by Crippen LogP contribution is -2.10. The van der Waals surface area contributed by atoms with E-state index in [0.29, 0.717) is 0 Å². The molecule has 0 bridgehead atoms. The summed E-state index contributed by atoms with van der Waals surface area (Å²) in [6.07, 6.45) is 0. The first-order chi connectivity index (χ1) is 30.7. The summed E-state index contributed by atoms with van der Waals surface area (Å²) in [5.41, 5.74) is 14.5. The summed E-state index contributed by atoms with van der Waals surface area (Å²) in [6.45, 7) is 0. The summed E-state index contributed by atoms with van der Waals surface area (Å²) in [7, 11) is 0. The third-order valence-corrected chi connectivity index (χ3v) is 12.4. The highest BCUT2D eigenvalue weighted by Crippen LogP contribution is 2.43. The van der Waals surface area contributed by atoms with Gasteiger partial charge in [-0.15, -0.1) is 0 Å². The molecule has 2 heteroatoms. The predicted molar refractivity (Wildman–Crippen MR) is 263 cm³/mol. The van der Waals surface area contributed by atoms with Gasteiger partial charge in [-0.05, 0) is 144 Å². The van der Waals surface area contributed by atoms with Gasteiger partial charge in [0, 0.05) is 27.8 Å². The highest BCUT2D eigenvalue weighted by molar-refractivity contribution is 6.11. The van der Waals surface area contributed by atoms with Crippen molar-refractivity contribution in [1.29, 1.82) is 0 Å². The molecule has 0 spiro atoms. The number of hydrogen-bond donors (Lipinski definition) is 0. The van der Waals surface area contributed by atoms with Gasteiger partial charge in [0.2, 0.25) is 0 Å². The zero-order chi connectivity index (χ0) is 41.0. The average molecular weight is 790 g/mol. The third kappa shape index (κ3) is 6.29. The summed E-state index contributed by atoms with van der Waals surface area (Å²) in [5.74, 6) is 0. The minimum atomic E-state index is 0.899. The molecule has 0 aliphatic heterocycles. The molecule has 1 heterocycles. The second-order valence-electron chi connectivity index (χ2n) is 16.1. The van der Waals surface area contributed by atoms with E-state index in [1.54, 1.807) is 0 Å². The Morgan fingerprint density at radius 2 is 0.742 bits per heavy atom. The smallest absolute Gasteiger partial charge is 0.136 e. The van der Waals surface area contributed by atoms with Gasteiger partial charge in [-0.2, -0.15) is 0 Å². The van der Waals surface area contributed by atoms with E-state index in [9.17, 15) is 0 Å². The van der Waals surface area contributed by atoms with Crippen LogP contribution in [-0.2, 0) is 0 Å². The lowest BCUT2D eigenvalue weighted by atomic mass is 9.91. The van der Waals surface area contributed by atoms with Crippen molar-refractivity contribution in [2.75, 3.05) is 4.90 Å². The Morgan fingerprint density at radius 3 is 1.47 bits per heavy atom. The molecule has 0 aliphatic rings. The van der Waals surface area contributed by atoms with E-state index in [0.717, 1.165) is 50.1 Å². The van der Waals surface area contributed by atoms with Gasteiger partial charge in [-0.3, -0.25) is 0 Å². The molecule has 0 amide bonds. The molecule has 0 fully saturated rings. The van der Waals surface area contributed by atoms with Crippen LogP contribution in [-0.4, -0.2) is 0 Å². The summed E-state index contributed by atoms with van der Waals surface area (Å²) < 4.78 is 6.34. The van der Waals surface area contributed by atoms with Crippen LogP contribution < -0.4 is 4.90 Å². The van der Waals surface area contributed by atoms with E-state index in [-0.39, 0.29) is 0 Å². The predicted octanol–water partition coefficient (Wildman–Crippen LogP) is 17.2. The molecule has 12 rings (SSSR count). The van der Waals surface area contributed by atoms with Crippen LogP contribution in [0.5, 0.6) is 0 Å². The van der Waals surface area contributed by atoms with E-state index in [4.69, 9.17) is 4.42 Å². The van der Waals surface area contributed by atoms with Gasteiger partial charge < -0.3 is 9.32 Å². The van der Waals surface area contributed by atoms with Crippen molar-refractivity contribution in [3.63, 3.8) is 0 Å². The number of fused-ring (bicyclic) bond motifs is 7. The van der Waals surface area contributed by atoms with Crippen LogP contribution in [0.2, 0.25) is 0 Å². The first-order valence-electron chi connectivity index (χ1n) is 21.2. The van der Waals surface area contributed by atoms with Crippen molar-refractivity contribution in [1.82, 2.24) is 0 Å². The maximum absolute atomic E-state index is 6.34. The van der Waals surface area contributed by atoms with E-state index < -0.39 is 0 Å². The molecular formula is C60H39NO. The SMILES string of the molecule is c1ccc(-c2ccc(N(c3ccc(-c4ccc5oc6cc7ccccc7cc6c5c4)cc3)c3ccc(-c4ccc5ccc6ccccc6c5c4)c(-c4ccccc4)c3)cc2)cc1. The molecule has 290 valence electrons. The lowest BCUT2D eigenvalue weighted by molar-refractivity contribution is 0.669. The van der Waals surface area contributed by atoms with Gasteiger partial charge in [0.05, 0.1) is 0 Å². The molecule has 0 unspecified atom stereocenters. The largest absolute Gasteiger partial charge is 0.456 e. The molecule has 0 radical (unpaired) electrons. The van der Waals surface area contributed by atoms with Crippen molar-refractivity contribution in [3.8, 4) is 44.5 Å². The van der Waals surface area contributed by atoms with Crippen LogP contribution in [0.25, 0.3) is 98.8 Å². The topological polar surface area (TPSA) is 16.4 Å². The first kappa shape index (κ1) is 35.7. The molecule has 0 saturated heterocycles. The van der Waals surface area contributed by atoms with Crippen LogP contribution in [0.4, 0.5) is 17.1 Å². The van der Waals surface area contributed by atoms with E-state index >= 15 is 0 Å². The maximum atomic E-state index is 6.34. The van der Waals surface area contributed by atoms with Crippen LogP contribution >= 0.6 is 0 Å². The van der Waals surface area contributed by atoms with E-state index in [1.807, 2.05) is 0 Å². The zero-order valence-corrected chi connectivity index (χ0v) is 33.9. The van der Waals surface area contributed by atoms with Crippen LogP contribution in [0, 0.1) is 0 Å². The minimum absolute atomic E-state index is 0.899. The Bertz CT molecular complexity index is 3610. The fraction of sp³-hybridized carbons (Fsp3) is 0. The number of anilines is 3. The molecule has 11 aromatic carbocycles. The molecule has 62 heavy (non-hydrogen) atoms. The van der Waals surface area contributed by atoms with Crippen molar-refractivity contribution in [2.45, 2.75) is 0 Å². The number of benzene rings is 11. The zero-order valence-electron chi connectivity index (χ0n) is 33.9. The quantitative estimate of drug-likeness (QED) is 0.150. The van der Waals surface area contributed by atoms with Gasteiger partial charge in [-0.1, -0.05) is 170 Å². The first-order valence-corrected chi connectivity index (χ1v) is 21.2. The van der Waals surface area contributed by atoms with Gasteiger partial charge >= 0.3 is 0 Å². The molecule has 0 N–H and O–H groups in total. The molecule has 0 saturated carbocycles. The monoisotopic (exact) mass is 789 g/mol. The number of nitrogens with zero attached hydrogens (tertiary/aromatic N) is 1. The van der Waals surface area contributed by atoms with Gasteiger partial charge in [0.15, 0.2) is 0 Å². The van der Waals surface area contributed by atoms with Crippen molar-refractivity contribution in [2.24, 2.45) is 0 Å². The molecule has 0 aliphatic carbocycles. The van der Waals surface area contributed by atoms with Crippen molar-refractivity contribution >= 4 is 71.3 Å². The van der Waals surface area contributed by atoms with Gasteiger partial charge in [-0.25, -0.2) is 0 Å². The standard InChI is InChI=1S/C60H39NO/c1-3-11-40(12-4-1)41-23-28-50(29-24-41)61(51-30-25-42(26-31-51)48-27-34-59-57(36-48)58-35-46-16-7-8-17-47(46)38-60(58)62-59)52-32-33-54(56(39-52)43-13-5-2-6-14-43)49-22-21-45-20-19-44-15-9-10-18-53(44)55(45)37-49/h1-39H. The van der Waals surface area contributed by atoms with Crippen molar-refractivity contribution in [3.05, 3.63) is 237 Å². The Morgan fingerprint density at radius 1 is 0.242 bits per heavy atom. The fourth-order valence-corrected chi connectivity index (χ4v) is 9.27. The second-order valence-corrected chi connectivity index (χ2v) is 16.1. The Balaban J connectivity index is 0.984. The second kappa shape index (κ2) is 14.8. The number of furan rings is 1. The van der Waals surface area contributed by atoms with Crippen LogP contribution in [0.3, 0.4) is 0 Å². The molecule has 12 aromatic rings. The number of rotatable bonds is 7. The molecular weight excluding hydrogens is 751 g/mol. The summed E-state index contributed by atoms with van der Waals surface area (Å²) in [6, 6.07) is 85.6. The maximum Gasteiger partial charge on any atom is 0.136 e. The Hall–Kier alpha value is -8.20. The fourth-order valence-electron chi connectivity index (χ4n) is 9.27. The molecule has 2 nitrogen and oxygen atoms in total. The Kier molecular flexibility index (Phi) is 8.53. The highest BCUT2D eigenvalue weighted by Gasteiger charge is 2.18.